The van der Waals surface area contributed by atoms with Crippen LogP contribution in [0.5, 0.6) is 0 Å². The maximum atomic E-state index is 12.5. The van der Waals surface area contributed by atoms with Gasteiger partial charge in [-0.05, 0) is 31.4 Å². The smallest absolute Gasteiger partial charge is 0.322 e. The fraction of sp³-hybridized carbons (Fsp3) is 0.312. The number of benzene rings is 1. The molecule has 4 N–H and O–H groups in total. The number of rotatable bonds is 2. The van der Waals surface area contributed by atoms with E-state index in [1.165, 1.54) is 0 Å². The van der Waals surface area contributed by atoms with E-state index < -0.39 is 17.6 Å². The molecule has 7 nitrogen and oxygen atoms in total. The van der Waals surface area contributed by atoms with Gasteiger partial charge in [-0.25, -0.2) is 4.79 Å². The summed E-state index contributed by atoms with van der Waals surface area (Å²) in [4.78, 5) is 39.2. The van der Waals surface area contributed by atoms with Crippen molar-refractivity contribution in [3.8, 4) is 0 Å². The molecule has 118 valence electrons. The van der Waals surface area contributed by atoms with Crippen molar-refractivity contribution in [2.45, 2.75) is 30.8 Å². The van der Waals surface area contributed by atoms with Gasteiger partial charge in [0.05, 0.1) is 6.04 Å². The SMILES string of the molecule is O=C1NC(=O)C2(CCCC2NC(=O)c2cc3ccccc3[nH]2)N1. The molecular weight excluding hydrogens is 296 g/mol. The second-order valence-corrected chi connectivity index (χ2v) is 6.07. The highest BCUT2D eigenvalue weighted by Crippen LogP contribution is 2.33. The van der Waals surface area contributed by atoms with Crippen molar-refractivity contribution in [1.82, 2.24) is 20.9 Å². The Morgan fingerprint density at radius 3 is 2.83 bits per heavy atom. The minimum atomic E-state index is -1.02. The number of nitrogens with one attached hydrogen (secondary N) is 4. The number of hydrogen-bond donors (Lipinski definition) is 4. The Bertz CT molecular complexity index is 795. The van der Waals surface area contributed by atoms with Gasteiger partial charge in [0.2, 0.25) is 0 Å². The molecule has 2 fully saturated rings. The van der Waals surface area contributed by atoms with Crippen molar-refractivity contribution in [3.63, 3.8) is 0 Å². The van der Waals surface area contributed by atoms with Gasteiger partial charge in [0.1, 0.15) is 11.2 Å². The van der Waals surface area contributed by atoms with Gasteiger partial charge in [-0.15, -0.1) is 0 Å². The Labute approximate surface area is 131 Å². The summed E-state index contributed by atoms with van der Waals surface area (Å²) < 4.78 is 0. The Balaban J connectivity index is 1.58. The fourth-order valence-electron chi connectivity index (χ4n) is 3.56. The Morgan fingerprint density at radius 1 is 1.26 bits per heavy atom. The molecule has 1 aliphatic heterocycles. The number of aromatic amines is 1. The summed E-state index contributed by atoms with van der Waals surface area (Å²) in [5.74, 6) is -0.636. The predicted molar refractivity (Wildman–Crippen MR) is 82.8 cm³/mol. The highest BCUT2D eigenvalue weighted by atomic mass is 16.2. The Morgan fingerprint density at radius 2 is 2.09 bits per heavy atom. The van der Waals surface area contributed by atoms with Gasteiger partial charge in [0, 0.05) is 10.9 Å². The third-order valence-electron chi connectivity index (χ3n) is 4.71. The second-order valence-electron chi connectivity index (χ2n) is 6.07. The van der Waals surface area contributed by atoms with Crippen molar-refractivity contribution in [1.29, 1.82) is 0 Å². The quantitative estimate of drug-likeness (QED) is 0.623. The number of imide groups is 1. The minimum Gasteiger partial charge on any atom is -0.351 e. The second kappa shape index (κ2) is 4.84. The van der Waals surface area contributed by atoms with Crippen LogP contribution in [-0.4, -0.2) is 34.4 Å². The van der Waals surface area contributed by atoms with E-state index in [1.54, 1.807) is 6.07 Å². The van der Waals surface area contributed by atoms with Crippen LogP contribution in [0, 0.1) is 0 Å². The van der Waals surface area contributed by atoms with Crippen LogP contribution in [0.1, 0.15) is 29.8 Å². The number of urea groups is 1. The summed E-state index contributed by atoms with van der Waals surface area (Å²) in [6.07, 6.45) is 1.95. The average molecular weight is 312 g/mol. The highest BCUT2D eigenvalue weighted by Gasteiger charge is 2.55. The largest absolute Gasteiger partial charge is 0.351 e. The van der Waals surface area contributed by atoms with Gasteiger partial charge < -0.3 is 15.6 Å². The van der Waals surface area contributed by atoms with Crippen molar-refractivity contribution in [2.75, 3.05) is 0 Å². The van der Waals surface area contributed by atoms with Crippen LogP contribution in [0.2, 0.25) is 0 Å². The van der Waals surface area contributed by atoms with Gasteiger partial charge >= 0.3 is 6.03 Å². The standard InChI is InChI=1S/C16H16N4O3/c21-13(11-8-9-4-1-2-5-10(9)17-11)18-12-6-3-7-16(12)14(22)19-15(23)20-16/h1-2,4-5,8,12,17H,3,6-7H2,(H,18,21)(H2,19,20,22,23). The molecule has 7 heteroatoms. The molecule has 1 aliphatic carbocycles. The van der Waals surface area contributed by atoms with Gasteiger partial charge in [0.25, 0.3) is 11.8 Å². The molecule has 2 aromatic rings. The van der Waals surface area contributed by atoms with Crippen LogP contribution in [0.3, 0.4) is 0 Å². The van der Waals surface area contributed by atoms with Crippen LogP contribution in [0.15, 0.2) is 30.3 Å². The lowest BCUT2D eigenvalue weighted by atomic mass is 9.93. The summed E-state index contributed by atoms with van der Waals surface area (Å²) >= 11 is 0. The molecule has 2 atom stereocenters. The molecule has 0 radical (unpaired) electrons. The number of carbonyl (C=O) groups is 3. The predicted octanol–water partition coefficient (Wildman–Crippen LogP) is 1.03. The van der Waals surface area contributed by atoms with E-state index in [0.29, 0.717) is 18.5 Å². The van der Waals surface area contributed by atoms with Crippen LogP contribution in [-0.2, 0) is 4.79 Å². The van der Waals surface area contributed by atoms with Crippen molar-refractivity contribution in [2.24, 2.45) is 0 Å². The highest BCUT2D eigenvalue weighted by molar-refractivity contribution is 6.08. The lowest BCUT2D eigenvalue weighted by Gasteiger charge is -2.28. The molecule has 1 saturated heterocycles. The van der Waals surface area contributed by atoms with E-state index >= 15 is 0 Å². The van der Waals surface area contributed by atoms with E-state index in [-0.39, 0.29) is 11.8 Å². The number of fused-ring (bicyclic) bond motifs is 1. The Hall–Kier alpha value is -2.83. The van der Waals surface area contributed by atoms with Crippen LogP contribution in [0.25, 0.3) is 10.9 Å². The van der Waals surface area contributed by atoms with Crippen molar-refractivity contribution >= 4 is 28.7 Å². The molecular formula is C16H16N4O3. The summed E-state index contributed by atoms with van der Waals surface area (Å²) in [5, 5.41) is 8.80. The third-order valence-corrected chi connectivity index (χ3v) is 4.71. The van der Waals surface area contributed by atoms with Gasteiger partial charge in [-0.3, -0.25) is 14.9 Å². The summed E-state index contributed by atoms with van der Waals surface area (Å²) in [6, 6.07) is 8.49. The first-order valence-corrected chi connectivity index (χ1v) is 7.61. The van der Waals surface area contributed by atoms with Gasteiger partial charge in [0.15, 0.2) is 0 Å². The number of H-pyrrole nitrogens is 1. The topological polar surface area (TPSA) is 103 Å². The van der Waals surface area contributed by atoms with Gasteiger partial charge in [-0.2, -0.15) is 0 Å². The first-order valence-electron chi connectivity index (χ1n) is 7.61. The van der Waals surface area contributed by atoms with Crippen LogP contribution < -0.4 is 16.0 Å². The number of hydrogen-bond acceptors (Lipinski definition) is 3. The van der Waals surface area contributed by atoms with E-state index in [4.69, 9.17) is 0 Å². The first kappa shape index (κ1) is 13.8. The zero-order valence-electron chi connectivity index (χ0n) is 12.3. The van der Waals surface area contributed by atoms with E-state index in [0.717, 1.165) is 17.3 Å². The molecule has 1 saturated carbocycles. The molecule has 2 unspecified atom stereocenters. The molecule has 1 spiro atoms. The molecule has 2 heterocycles. The molecule has 2 aliphatic rings. The maximum absolute atomic E-state index is 12.5. The minimum absolute atomic E-state index is 0.276. The molecule has 1 aromatic heterocycles. The Kier molecular flexibility index (Phi) is 2.90. The van der Waals surface area contributed by atoms with Crippen molar-refractivity contribution in [3.05, 3.63) is 36.0 Å². The van der Waals surface area contributed by atoms with E-state index in [2.05, 4.69) is 20.9 Å². The van der Waals surface area contributed by atoms with Gasteiger partial charge in [-0.1, -0.05) is 18.2 Å². The summed E-state index contributed by atoms with van der Waals surface area (Å²) in [5.41, 5.74) is 0.308. The number of amides is 4. The lowest BCUT2D eigenvalue weighted by molar-refractivity contribution is -0.124. The zero-order valence-corrected chi connectivity index (χ0v) is 12.3. The molecule has 4 rings (SSSR count). The number of aromatic nitrogens is 1. The summed E-state index contributed by atoms with van der Waals surface area (Å²) in [6.45, 7) is 0. The van der Waals surface area contributed by atoms with Crippen molar-refractivity contribution < 1.29 is 14.4 Å². The summed E-state index contributed by atoms with van der Waals surface area (Å²) in [7, 11) is 0. The maximum Gasteiger partial charge on any atom is 0.322 e. The average Bonchev–Trinajstić information content (AvgIpc) is 3.18. The fourth-order valence-corrected chi connectivity index (χ4v) is 3.56. The van der Waals surface area contributed by atoms with Crippen LogP contribution >= 0.6 is 0 Å². The molecule has 23 heavy (non-hydrogen) atoms. The zero-order chi connectivity index (χ0) is 16.0. The molecule has 1 aromatic carbocycles. The first-order chi connectivity index (χ1) is 11.1. The molecule has 4 amide bonds. The monoisotopic (exact) mass is 312 g/mol. The third kappa shape index (κ3) is 2.08. The van der Waals surface area contributed by atoms with E-state index in [1.807, 2.05) is 24.3 Å². The normalized spacial score (nSPS) is 26.5. The molecule has 0 bridgehead atoms. The number of para-hydroxylation sites is 1. The number of carbonyl (C=O) groups excluding carboxylic acids is 3. The lowest BCUT2D eigenvalue weighted by Crippen LogP contribution is -2.59. The van der Waals surface area contributed by atoms with Crippen LogP contribution in [0.4, 0.5) is 4.79 Å². The van der Waals surface area contributed by atoms with E-state index in [9.17, 15) is 14.4 Å².